The molecule has 2 aromatic rings. The van der Waals surface area contributed by atoms with Crippen LogP contribution in [0.4, 0.5) is 10.1 Å². The van der Waals surface area contributed by atoms with Gasteiger partial charge in [-0.05, 0) is 18.6 Å². The zero-order valence-corrected chi connectivity index (χ0v) is 10.5. The Morgan fingerprint density at radius 1 is 1.42 bits per heavy atom. The van der Waals surface area contributed by atoms with Crippen molar-refractivity contribution in [2.75, 3.05) is 0 Å². The van der Waals surface area contributed by atoms with Crippen LogP contribution in [0.3, 0.4) is 0 Å². The first-order valence-corrected chi connectivity index (χ1v) is 5.60. The minimum Gasteiger partial charge on any atom is -0.436 e. The SMILES string of the molecule is Cc1cccc(Oc2cc([N+](=O)[O-])cc(Cl)n2)c1F. The molecular weight excluding hydrogens is 275 g/mol. The highest BCUT2D eigenvalue weighted by Crippen LogP contribution is 2.28. The number of aromatic nitrogens is 1. The molecule has 0 unspecified atom stereocenters. The number of pyridine rings is 1. The van der Waals surface area contributed by atoms with Gasteiger partial charge in [0.15, 0.2) is 11.6 Å². The van der Waals surface area contributed by atoms with E-state index in [0.29, 0.717) is 5.56 Å². The fourth-order valence-corrected chi connectivity index (χ4v) is 1.62. The molecule has 5 nitrogen and oxygen atoms in total. The van der Waals surface area contributed by atoms with Crippen LogP contribution in [0, 0.1) is 22.9 Å². The second kappa shape index (κ2) is 5.19. The first kappa shape index (κ1) is 13.2. The van der Waals surface area contributed by atoms with Crippen molar-refractivity contribution < 1.29 is 14.1 Å². The summed E-state index contributed by atoms with van der Waals surface area (Å²) < 4.78 is 18.9. The Balaban J connectivity index is 2.38. The van der Waals surface area contributed by atoms with Gasteiger partial charge in [-0.2, -0.15) is 0 Å². The summed E-state index contributed by atoms with van der Waals surface area (Å²) in [6.07, 6.45) is 0. The van der Waals surface area contributed by atoms with E-state index < -0.39 is 10.7 Å². The zero-order chi connectivity index (χ0) is 14.0. The van der Waals surface area contributed by atoms with Crippen LogP contribution in [-0.4, -0.2) is 9.91 Å². The number of rotatable bonds is 3. The van der Waals surface area contributed by atoms with Crippen molar-refractivity contribution in [2.24, 2.45) is 0 Å². The number of nitrogens with zero attached hydrogens (tertiary/aromatic N) is 2. The largest absolute Gasteiger partial charge is 0.436 e. The lowest BCUT2D eigenvalue weighted by atomic mass is 10.2. The van der Waals surface area contributed by atoms with Crippen LogP contribution >= 0.6 is 11.6 Å². The lowest BCUT2D eigenvalue weighted by Gasteiger charge is -2.07. The number of nitro groups is 1. The summed E-state index contributed by atoms with van der Waals surface area (Å²) in [5.74, 6) is -0.750. The molecule has 7 heteroatoms. The smallest absolute Gasteiger partial charge is 0.277 e. The molecule has 0 aliphatic carbocycles. The standard InChI is InChI=1S/C12H8ClFN2O3/c1-7-3-2-4-9(12(7)14)19-11-6-8(16(17)18)5-10(13)15-11/h2-6H,1H3. The number of aryl methyl sites for hydroxylation is 1. The predicted octanol–water partition coefficient (Wildman–Crippen LogP) is 3.88. The molecule has 0 aliphatic heterocycles. The molecule has 2 rings (SSSR count). The Hall–Kier alpha value is -2.21. The number of hydrogen-bond acceptors (Lipinski definition) is 4. The van der Waals surface area contributed by atoms with Crippen molar-refractivity contribution in [3.8, 4) is 11.6 Å². The van der Waals surface area contributed by atoms with Crippen molar-refractivity contribution in [3.63, 3.8) is 0 Å². The molecule has 0 saturated heterocycles. The maximum Gasteiger partial charge on any atom is 0.277 e. The molecule has 0 atom stereocenters. The topological polar surface area (TPSA) is 65.3 Å². The predicted molar refractivity (Wildman–Crippen MR) is 67.1 cm³/mol. The molecule has 98 valence electrons. The summed E-state index contributed by atoms with van der Waals surface area (Å²) >= 11 is 5.64. The van der Waals surface area contributed by atoms with E-state index in [-0.39, 0.29) is 22.5 Å². The summed E-state index contributed by atoms with van der Waals surface area (Å²) in [6, 6.07) is 6.74. The molecule has 0 radical (unpaired) electrons. The van der Waals surface area contributed by atoms with Gasteiger partial charge in [-0.25, -0.2) is 9.37 Å². The van der Waals surface area contributed by atoms with Gasteiger partial charge in [-0.1, -0.05) is 23.7 Å². The summed E-state index contributed by atoms with van der Waals surface area (Å²) in [5.41, 5.74) is 0.122. The third-order valence-corrected chi connectivity index (χ3v) is 2.53. The molecule has 0 amide bonds. The van der Waals surface area contributed by atoms with Crippen molar-refractivity contribution in [1.82, 2.24) is 4.98 Å². The van der Waals surface area contributed by atoms with Gasteiger partial charge in [0.1, 0.15) is 5.15 Å². The Kier molecular flexibility index (Phi) is 3.62. The minimum absolute atomic E-state index is 0.0657. The van der Waals surface area contributed by atoms with E-state index in [0.717, 1.165) is 12.1 Å². The minimum atomic E-state index is -0.632. The van der Waals surface area contributed by atoms with Crippen molar-refractivity contribution in [1.29, 1.82) is 0 Å². The molecule has 0 saturated carbocycles. The van der Waals surface area contributed by atoms with E-state index in [9.17, 15) is 14.5 Å². The molecule has 19 heavy (non-hydrogen) atoms. The lowest BCUT2D eigenvalue weighted by molar-refractivity contribution is -0.385. The van der Waals surface area contributed by atoms with Gasteiger partial charge in [0.25, 0.3) is 5.69 Å². The summed E-state index contributed by atoms with van der Waals surface area (Å²) in [6.45, 7) is 1.58. The number of hydrogen-bond donors (Lipinski definition) is 0. The highest BCUT2D eigenvalue weighted by atomic mass is 35.5. The van der Waals surface area contributed by atoms with Crippen molar-refractivity contribution in [3.05, 3.63) is 57.0 Å². The third kappa shape index (κ3) is 2.97. The first-order valence-electron chi connectivity index (χ1n) is 5.22. The van der Waals surface area contributed by atoms with Crippen molar-refractivity contribution in [2.45, 2.75) is 6.92 Å². The molecule has 0 spiro atoms. The highest BCUT2D eigenvalue weighted by molar-refractivity contribution is 6.29. The van der Waals surface area contributed by atoms with Gasteiger partial charge in [0.05, 0.1) is 17.1 Å². The Morgan fingerprint density at radius 2 is 2.16 bits per heavy atom. The van der Waals surface area contributed by atoms with Gasteiger partial charge in [-0.15, -0.1) is 0 Å². The molecular formula is C12H8ClFN2O3. The second-order valence-electron chi connectivity index (χ2n) is 3.73. The van der Waals surface area contributed by atoms with Crippen LogP contribution in [0.1, 0.15) is 5.56 Å². The van der Waals surface area contributed by atoms with E-state index in [4.69, 9.17) is 16.3 Å². The van der Waals surface area contributed by atoms with Crippen molar-refractivity contribution >= 4 is 17.3 Å². The van der Waals surface area contributed by atoms with Crippen LogP contribution in [0.15, 0.2) is 30.3 Å². The van der Waals surface area contributed by atoms with Crippen LogP contribution in [0.2, 0.25) is 5.15 Å². The molecule has 1 aromatic heterocycles. The maximum absolute atomic E-state index is 13.7. The first-order chi connectivity index (χ1) is 8.97. The fourth-order valence-electron chi connectivity index (χ4n) is 1.43. The molecule has 1 heterocycles. The van der Waals surface area contributed by atoms with Gasteiger partial charge in [-0.3, -0.25) is 10.1 Å². The van der Waals surface area contributed by atoms with E-state index in [2.05, 4.69) is 4.98 Å². The van der Waals surface area contributed by atoms with Gasteiger partial charge < -0.3 is 4.74 Å². The number of ether oxygens (including phenoxy) is 1. The molecule has 0 aliphatic rings. The van der Waals surface area contributed by atoms with Gasteiger partial charge in [0.2, 0.25) is 5.88 Å². The average Bonchev–Trinajstić information content (AvgIpc) is 2.34. The second-order valence-corrected chi connectivity index (χ2v) is 4.12. The quantitative estimate of drug-likeness (QED) is 0.487. The molecule has 0 bridgehead atoms. The zero-order valence-electron chi connectivity index (χ0n) is 9.76. The van der Waals surface area contributed by atoms with Gasteiger partial charge in [0, 0.05) is 0 Å². The lowest BCUT2D eigenvalue weighted by Crippen LogP contribution is -1.95. The van der Waals surface area contributed by atoms with Crippen LogP contribution in [0.5, 0.6) is 11.6 Å². The normalized spacial score (nSPS) is 10.3. The third-order valence-electron chi connectivity index (χ3n) is 2.34. The van der Waals surface area contributed by atoms with E-state index in [1.807, 2.05) is 0 Å². The number of benzene rings is 1. The van der Waals surface area contributed by atoms with E-state index in [1.165, 1.54) is 6.07 Å². The van der Waals surface area contributed by atoms with Crippen LogP contribution < -0.4 is 4.74 Å². The van der Waals surface area contributed by atoms with Crippen LogP contribution in [-0.2, 0) is 0 Å². The van der Waals surface area contributed by atoms with Gasteiger partial charge >= 0.3 is 0 Å². The molecule has 0 fully saturated rings. The molecule has 0 N–H and O–H groups in total. The summed E-state index contributed by atoms with van der Waals surface area (Å²) in [5, 5.41) is 10.6. The Labute approximate surface area is 112 Å². The van der Waals surface area contributed by atoms with Crippen LogP contribution in [0.25, 0.3) is 0 Å². The van der Waals surface area contributed by atoms with E-state index in [1.54, 1.807) is 19.1 Å². The summed E-state index contributed by atoms with van der Waals surface area (Å²) in [7, 11) is 0. The number of halogens is 2. The van der Waals surface area contributed by atoms with E-state index >= 15 is 0 Å². The highest BCUT2D eigenvalue weighted by Gasteiger charge is 2.13. The Bertz CT molecular complexity index is 649. The summed E-state index contributed by atoms with van der Waals surface area (Å²) in [4.78, 5) is 13.8. The Morgan fingerprint density at radius 3 is 2.84 bits per heavy atom. The fraction of sp³-hybridized carbons (Fsp3) is 0.0833. The monoisotopic (exact) mass is 282 g/mol. The molecule has 1 aromatic carbocycles. The maximum atomic E-state index is 13.7. The average molecular weight is 283 g/mol.